The van der Waals surface area contributed by atoms with Crippen molar-refractivity contribution in [3.63, 3.8) is 0 Å². The van der Waals surface area contributed by atoms with Crippen molar-refractivity contribution < 1.29 is 22.7 Å². The molecule has 0 fully saturated rings. The van der Waals surface area contributed by atoms with Crippen LogP contribution in [0.1, 0.15) is 28.5 Å². The quantitative estimate of drug-likeness (QED) is 0.482. The fourth-order valence-corrected chi connectivity index (χ4v) is 3.43. The second-order valence-electron chi connectivity index (χ2n) is 7.02. The molecule has 0 radical (unpaired) electrons. The molecule has 32 heavy (non-hydrogen) atoms. The van der Waals surface area contributed by atoms with E-state index in [0.717, 1.165) is 5.56 Å². The number of hydrogen-bond acceptors (Lipinski definition) is 7. The maximum Gasteiger partial charge on any atom is 0.342 e. The zero-order chi connectivity index (χ0) is 23.3. The number of ether oxygens (including phenoxy) is 1. The Balaban J connectivity index is 1.52. The molecule has 1 unspecified atom stereocenters. The number of hydrogen-bond donors (Lipinski definition) is 2. The summed E-state index contributed by atoms with van der Waals surface area (Å²) in [6.07, 6.45) is 2.45. The minimum Gasteiger partial charge on any atom is -0.449 e. The Kier molecular flexibility index (Phi) is 7.01. The summed E-state index contributed by atoms with van der Waals surface area (Å²) in [6.45, 7) is 3.48. The molecule has 2 aromatic heterocycles. The summed E-state index contributed by atoms with van der Waals surface area (Å²) in [4.78, 5) is 29.0. The average molecular weight is 458 g/mol. The van der Waals surface area contributed by atoms with Crippen LogP contribution in [-0.4, -0.2) is 47.7 Å². The van der Waals surface area contributed by atoms with E-state index in [-0.39, 0.29) is 17.0 Å². The molecular formula is C21H23N5O5S. The van der Waals surface area contributed by atoms with Crippen LogP contribution in [0.2, 0.25) is 0 Å². The third-order valence-electron chi connectivity index (χ3n) is 4.71. The largest absolute Gasteiger partial charge is 0.449 e. The molecular weight excluding hydrogens is 434 g/mol. The number of sulfonamides is 1. The minimum atomic E-state index is -3.74. The van der Waals surface area contributed by atoms with E-state index in [9.17, 15) is 18.0 Å². The lowest BCUT2D eigenvalue weighted by Crippen LogP contribution is -2.37. The van der Waals surface area contributed by atoms with Crippen molar-refractivity contribution in [3.05, 3.63) is 71.7 Å². The van der Waals surface area contributed by atoms with Crippen LogP contribution in [0.3, 0.4) is 0 Å². The number of carbonyl (C=O) groups excluding carboxylic acids is 2. The predicted molar refractivity (Wildman–Crippen MR) is 116 cm³/mol. The van der Waals surface area contributed by atoms with E-state index in [4.69, 9.17) is 9.88 Å². The van der Waals surface area contributed by atoms with Gasteiger partial charge in [0.1, 0.15) is 5.56 Å². The number of carbonyl (C=O) groups is 2. The van der Waals surface area contributed by atoms with E-state index in [2.05, 4.69) is 15.4 Å². The van der Waals surface area contributed by atoms with Crippen molar-refractivity contribution in [2.45, 2.75) is 31.3 Å². The first-order valence-corrected chi connectivity index (χ1v) is 11.3. The molecule has 0 aliphatic rings. The standard InChI is InChI=1S/C21H23N5O5S/c1-14-18(13-25-26(14)19-5-3-4-11-23-19)21(28)31-15(2)20(27)24-12-10-16-6-8-17(9-7-16)32(22,29)30/h3-9,11,13,15H,10,12H2,1-2H3,(H,24,27)(H2,22,29,30). The van der Waals surface area contributed by atoms with E-state index < -0.39 is 28.0 Å². The second-order valence-corrected chi connectivity index (χ2v) is 8.58. The lowest BCUT2D eigenvalue weighted by Gasteiger charge is -2.13. The Labute approximate surface area is 185 Å². The van der Waals surface area contributed by atoms with Gasteiger partial charge in [-0.25, -0.2) is 28.0 Å². The van der Waals surface area contributed by atoms with Crippen LogP contribution in [0.5, 0.6) is 0 Å². The smallest absolute Gasteiger partial charge is 0.342 e. The molecule has 0 aliphatic carbocycles. The number of nitrogens with one attached hydrogen (secondary N) is 1. The number of benzene rings is 1. The third-order valence-corrected chi connectivity index (χ3v) is 5.64. The van der Waals surface area contributed by atoms with Crippen LogP contribution in [0.25, 0.3) is 5.82 Å². The molecule has 11 heteroatoms. The molecule has 1 atom stereocenters. The number of nitrogens with two attached hydrogens (primary N) is 1. The molecule has 10 nitrogen and oxygen atoms in total. The topological polar surface area (TPSA) is 146 Å². The molecule has 2 heterocycles. The normalized spacial score (nSPS) is 12.2. The molecule has 1 amide bonds. The van der Waals surface area contributed by atoms with E-state index in [1.807, 2.05) is 6.07 Å². The van der Waals surface area contributed by atoms with Gasteiger partial charge < -0.3 is 10.1 Å². The number of rotatable bonds is 8. The van der Waals surface area contributed by atoms with Crippen molar-refractivity contribution in [3.8, 4) is 5.82 Å². The highest BCUT2D eigenvalue weighted by Crippen LogP contribution is 2.14. The first-order chi connectivity index (χ1) is 15.2. The van der Waals surface area contributed by atoms with E-state index in [0.29, 0.717) is 17.9 Å². The maximum atomic E-state index is 12.5. The zero-order valence-electron chi connectivity index (χ0n) is 17.6. The lowest BCUT2D eigenvalue weighted by molar-refractivity contribution is -0.129. The Bertz CT molecular complexity index is 1210. The first-order valence-electron chi connectivity index (χ1n) is 9.73. The summed E-state index contributed by atoms with van der Waals surface area (Å²) in [5, 5.41) is 11.9. The third kappa shape index (κ3) is 5.56. The molecule has 1 aromatic carbocycles. The predicted octanol–water partition coefficient (Wildman–Crippen LogP) is 1.13. The monoisotopic (exact) mass is 457 g/mol. The summed E-state index contributed by atoms with van der Waals surface area (Å²) in [5.41, 5.74) is 1.61. The van der Waals surface area contributed by atoms with Gasteiger partial charge >= 0.3 is 5.97 Å². The lowest BCUT2D eigenvalue weighted by atomic mass is 10.1. The highest BCUT2D eigenvalue weighted by Gasteiger charge is 2.22. The van der Waals surface area contributed by atoms with E-state index in [1.54, 1.807) is 37.4 Å². The van der Waals surface area contributed by atoms with Gasteiger partial charge in [0, 0.05) is 12.7 Å². The van der Waals surface area contributed by atoms with Gasteiger partial charge in [-0.15, -0.1) is 0 Å². The van der Waals surface area contributed by atoms with Crippen molar-refractivity contribution in [1.82, 2.24) is 20.1 Å². The molecule has 3 rings (SSSR count). The second kappa shape index (κ2) is 9.71. The molecule has 0 aliphatic heterocycles. The molecule has 0 bridgehead atoms. The minimum absolute atomic E-state index is 0.0208. The van der Waals surface area contributed by atoms with Crippen LogP contribution < -0.4 is 10.5 Å². The summed E-state index contributed by atoms with van der Waals surface area (Å²) in [6, 6.07) is 11.4. The van der Waals surface area contributed by atoms with Crippen LogP contribution in [0.4, 0.5) is 0 Å². The Morgan fingerprint density at radius 3 is 2.53 bits per heavy atom. The van der Waals surface area contributed by atoms with Gasteiger partial charge in [0.2, 0.25) is 10.0 Å². The Morgan fingerprint density at radius 1 is 1.19 bits per heavy atom. The molecule has 168 valence electrons. The van der Waals surface area contributed by atoms with Crippen LogP contribution in [0, 0.1) is 6.92 Å². The van der Waals surface area contributed by atoms with Crippen LogP contribution in [-0.2, 0) is 26.0 Å². The number of primary sulfonamides is 1. The summed E-state index contributed by atoms with van der Waals surface area (Å²) in [7, 11) is -3.74. The SMILES string of the molecule is Cc1c(C(=O)OC(C)C(=O)NCCc2ccc(S(N)(=O)=O)cc2)cnn1-c1ccccn1. The van der Waals surface area contributed by atoms with Crippen LogP contribution >= 0.6 is 0 Å². The van der Waals surface area contributed by atoms with Gasteiger partial charge in [-0.2, -0.15) is 5.10 Å². The first kappa shape index (κ1) is 23.1. The molecule has 0 saturated carbocycles. The van der Waals surface area contributed by atoms with E-state index >= 15 is 0 Å². The van der Waals surface area contributed by atoms with Gasteiger partial charge in [-0.05, 0) is 50.1 Å². The molecule has 3 aromatic rings. The van der Waals surface area contributed by atoms with Gasteiger partial charge in [0.15, 0.2) is 11.9 Å². The number of pyridine rings is 1. The van der Waals surface area contributed by atoms with Gasteiger partial charge in [0.25, 0.3) is 5.91 Å². The number of amides is 1. The number of esters is 1. The van der Waals surface area contributed by atoms with Gasteiger partial charge in [0.05, 0.1) is 16.8 Å². The van der Waals surface area contributed by atoms with Gasteiger partial charge in [-0.1, -0.05) is 18.2 Å². The fraction of sp³-hybridized carbons (Fsp3) is 0.238. The number of nitrogens with zero attached hydrogens (tertiary/aromatic N) is 3. The Morgan fingerprint density at radius 2 is 1.91 bits per heavy atom. The van der Waals surface area contributed by atoms with Crippen LogP contribution in [0.15, 0.2) is 59.8 Å². The number of aromatic nitrogens is 3. The molecule has 0 spiro atoms. The highest BCUT2D eigenvalue weighted by molar-refractivity contribution is 7.89. The fourth-order valence-electron chi connectivity index (χ4n) is 2.92. The van der Waals surface area contributed by atoms with E-state index in [1.165, 1.54) is 29.9 Å². The van der Waals surface area contributed by atoms with Crippen molar-refractivity contribution >= 4 is 21.9 Å². The van der Waals surface area contributed by atoms with Gasteiger partial charge in [-0.3, -0.25) is 4.79 Å². The molecule has 0 saturated heterocycles. The maximum absolute atomic E-state index is 12.5. The van der Waals surface area contributed by atoms with Crippen molar-refractivity contribution in [1.29, 1.82) is 0 Å². The summed E-state index contributed by atoms with van der Waals surface area (Å²) < 4.78 is 29.4. The Hall–Kier alpha value is -3.57. The summed E-state index contributed by atoms with van der Waals surface area (Å²) in [5.74, 6) is -0.549. The average Bonchev–Trinajstić information content (AvgIpc) is 3.15. The highest BCUT2D eigenvalue weighted by atomic mass is 32.2. The summed E-state index contributed by atoms with van der Waals surface area (Å²) >= 11 is 0. The van der Waals surface area contributed by atoms with Crippen molar-refractivity contribution in [2.24, 2.45) is 5.14 Å². The van der Waals surface area contributed by atoms with Crippen molar-refractivity contribution in [2.75, 3.05) is 6.54 Å². The molecule has 3 N–H and O–H groups in total. The zero-order valence-corrected chi connectivity index (χ0v) is 18.4.